The van der Waals surface area contributed by atoms with Crippen LogP contribution in [0.1, 0.15) is 48.2 Å². The fourth-order valence-corrected chi connectivity index (χ4v) is 4.41. The maximum Gasteiger partial charge on any atom is 0.255 e. The molecule has 2 aliphatic rings. The Morgan fingerprint density at radius 1 is 1.10 bits per heavy atom. The van der Waals surface area contributed by atoms with Gasteiger partial charge >= 0.3 is 0 Å². The number of anilines is 1. The summed E-state index contributed by atoms with van der Waals surface area (Å²) in [7, 11) is 0. The lowest BCUT2D eigenvalue weighted by molar-refractivity contribution is -0.105. The van der Waals surface area contributed by atoms with Crippen LogP contribution in [0.3, 0.4) is 0 Å². The van der Waals surface area contributed by atoms with Gasteiger partial charge in [0, 0.05) is 35.5 Å². The van der Waals surface area contributed by atoms with Gasteiger partial charge in [-0.15, -0.1) is 11.3 Å². The van der Waals surface area contributed by atoms with Crippen molar-refractivity contribution in [2.75, 3.05) is 5.32 Å². The van der Waals surface area contributed by atoms with E-state index < -0.39 is 5.79 Å². The molecule has 0 radical (unpaired) electrons. The SMILES string of the molecule is O=C(Nc1ccc2c(c1)OC1(CCCCC1)O2)c1cccc(OCc2cscn2)c1. The molecule has 30 heavy (non-hydrogen) atoms. The van der Waals surface area contributed by atoms with Gasteiger partial charge in [-0.1, -0.05) is 12.5 Å². The number of carbonyl (C=O) groups excluding carboxylic acids is 1. The zero-order valence-electron chi connectivity index (χ0n) is 16.4. The van der Waals surface area contributed by atoms with Crippen LogP contribution < -0.4 is 19.5 Å². The molecule has 1 amide bonds. The first-order valence-corrected chi connectivity index (χ1v) is 11.1. The maximum absolute atomic E-state index is 12.7. The molecular weight excluding hydrogens is 400 g/mol. The van der Waals surface area contributed by atoms with E-state index in [2.05, 4.69) is 10.3 Å². The number of aromatic nitrogens is 1. The quantitative estimate of drug-likeness (QED) is 0.596. The number of amides is 1. The number of fused-ring (bicyclic) bond motifs is 1. The van der Waals surface area contributed by atoms with Crippen LogP contribution in [-0.2, 0) is 6.61 Å². The Labute approximate surface area is 178 Å². The van der Waals surface area contributed by atoms with E-state index >= 15 is 0 Å². The number of benzene rings is 2. The molecule has 1 fully saturated rings. The largest absolute Gasteiger partial charge is 0.487 e. The Kier molecular flexibility index (Phi) is 5.04. The Bertz CT molecular complexity index is 1050. The molecule has 0 saturated heterocycles. The smallest absolute Gasteiger partial charge is 0.255 e. The zero-order chi connectivity index (χ0) is 20.4. The molecule has 1 aromatic heterocycles. The summed E-state index contributed by atoms with van der Waals surface area (Å²) in [5.74, 6) is 1.33. The summed E-state index contributed by atoms with van der Waals surface area (Å²) in [6.45, 7) is 0.373. The van der Waals surface area contributed by atoms with Gasteiger partial charge in [-0.25, -0.2) is 4.98 Å². The minimum atomic E-state index is -0.522. The van der Waals surface area contributed by atoms with Crippen molar-refractivity contribution in [1.29, 1.82) is 0 Å². The summed E-state index contributed by atoms with van der Waals surface area (Å²) in [5.41, 5.74) is 3.83. The van der Waals surface area contributed by atoms with E-state index in [4.69, 9.17) is 14.2 Å². The number of ether oxygens (including phenoxy) is 3. The van der Waals surface area contributed by atoms with Gasteiger partial charge < -0.3 is 19.5 Å². The molecule has 0 unspecified atom stereocenters. The van der Waals surface area contributed by atoms with E-state index in [0.717, 1.165) is 37.1 Å². The molecule has 2 aromatic carbocycles. The van der Waals surface area contributed by atoms with Crippen molar-refractivity contribution in [3.63, 3.8) is 0 Å². The molecule has 1 aliphatic heterocycles. The highest BCUT2D eigenvalue weighted by atomic mass is 32.1. The molecule has 1 spiro atoms. The van der Waals surface area contributed by atoms with Crippen LogP contribution in [0.15, 0.2) is 53.4 Å². The van der Waals surface area contributed by atoms with E-state index in [1.807, 2.05) is 29.6 Å². The van der Waals surface area contributed by atoms with Gasteiger partial charge in [0.25, 0.3) is 11.7 Å². The number of thiazole rings is 1. The Balaban J connectivity index is 1.25. The van der Waals surface area contributed by atoms with Crippen LogP contribution in [0, 0.1) is 0 Å². The normalized spacial score (nSPS) is 16.4. The molecule has 0 atom stereocenters. The molecule has 154 valence electrons. The number of hydrogen-bond donors (Lipinski definition) is 1. The fraction of sp³-hybridized carbons (Fsp3) is 0.304. The van der Waals surface area contributed by atoms with Crippen molar-refractivity contribution >= 4 is 22.9 Å². The van der Waals surface area contributed by atoms with Crippen LogP contribution in [-0.4, -0.2) is 16.7 Å². The second-order valence-corrected chi connectivity index (χ2v) is 8.31. The van der Waals surface area contributed by atoms with Gasteiger partial charge in [0.1, 0.15) is 12.4 Å². The van der Waals surface area contributed by atoms with Gasteiger partial charge in [0.05, 0.1) is 11.2 Å². The van der Waals surface area contributed by atoms with Crippen molar-refractivity contribution in [1.82, 2.24) is 4.98 Å². The second kappa shape index (κ2) is 7.99. The molecule has 5 rings (SSSR count). The minimum absolute atomic E-state index is 0.208. The molecular formula is C23H22N2O4S. The molecule has 3 aromatic rings. The summed E-state index contributed by atoms with van der Waals surface area (Å²) < 4.78 is 18.0. The first kappa shape index (κ1) is 18.9. The number of carbonyl (C=O) groups is 1. The van der Waals surface area contributed by atoms with Crippen LogP contribution in [0.2, 0.25) is 0 Å². The van der Waals surface area contributed by atoms with E-state index in [1.165, 1.54) is 17.8 Å². The highest BCUT2D eigenvalue weighted by Crippen LogP contribution is 2.46. The number of nitrogens with zero attached hydrogens (tertiary/aromatic N) is 1. The van der Waals surface area contributed by atoms with E-state index in [9.17, 15) is 4.79 Å². The van der Waals surface area contributed by atoms with Crippen LogP contribution in [0.4, 0.5) is 5.69 Å². The van der Waals surface area contributed by atoms with Crippen molar-refractivity contribution in [2.24, 2.45) is 0 Å². The van der Waals surface area contributed by atoms with Crippen LogP contribution in [0.5, 0.6) is 17.2 Å². The van der Waals surface area contributed by atoms with Crippen molar-refractivity contribution in [2.45, 2.75) is 44.5 Å². The predicted octanol–water partition coefficient (Wildman–Crippen LogP) is 5.41. The van der Waals surface area contributed by atoms with Gasteiger partial charge in [-0.2, -0.15) is 0 Å². The molecule has 7 heteroatoms. The van der Waals surface area contributed by atoms with E-state index in [0.29, 0.717) is 29.4 Å². The van der Waals surface area contributed by atoms with Gasteiger partial charge in [0.15, 0.2) is 11.5 Å². The highest BCUT2D eigenvalue weighted by Gasteiger charge is 2.42. The molecule has 1 N–H and O–H groups in total. The lowest BCUT2D eigenvalue weighted by Crippen LogP contribution is -2.40. The monoisotopic (exact) mass is 422 g/mol. The highest BCUT2D eigenvalue weighted by molar-refractivity contribution is 7.07. The lowest BCUT2D eigenvalue weighted by atomic mass is 9.94. The van der Waals surface area contributed by atoms with E-state index in [-0.39, 0.29) is 5.91 Å². The average Bonchev–Trinajstić information content (AvgIpc) is 3.40. The van der Waals surface area contributed by atoms with Crippen molar-refractivity contribution in [3.8, 4) is 17.2 Å². The van der Waals surface area contributed by atoms with Crippen molar-refractivity contribution in [3.05, 3.63) is 64.6 Å². The zero-order valence-corrected chi connectivity index (χ0v) is 17.2. The van der Waals surface area contributed by atoms with Crippen molar-refractivity contribution < 1.29 is 19.0 Å². The first-order chi connectivity index (χ1) is 14.7. The van der Waals surface area contributed by atoms with Crippen LogP contribution in [0.25, 0.3) is 0 Å². The Hall–Kier alpha value is -3.06. The Morgan fingerprint density at radius 3 is 2.80 bits per heavy atom. The summed E-state index contributed by atoms with van der Waals surface area (Å²) >= 11 is 1.53. The predicted molar refractivity (Wildman–Crippen MR) is 114 cm³/mol. The van der Waals surface area contributed by atoms with E-state index in [1.54, 1.807) is 23.7 Å². The molecule has 6 nitrogen and oxygen atoms in total. The number of nitrogens with one attached hydrogen (secondary N) is 1. The molecule has 1 saturated carbocycles. The van der Waals surface area contributed by atoms with Gasteiger partial charge in [-0.3, -0.25) is 4.79 Å². The lowest BCUT2D eigenvalue weighted by Gasteiger charge is -2.31. The summed E-state index contributed by atoms with van der Waals surface area (Å²) in [5, 5.41) is 4.87. The first-order valence-electron chi connectivity index (χ1n) is 10.1. The minimum Gasteiger partial charge on any atom is -0.487 e. The standard InChI is InChI=1S/C23H22N2O4S/c26-22(16-5-4-6-19(11-16)27-13-18-14-30-15-24-18)25-17-7-8-20-21(12-17)29-23(28-20)9-2-1-3-10-23/h4-8,11-12,14-15H,1-3,9-10,13H2,(H,25,26). The topological polar surface area (TPSA) is 69.7 Å². The number of rotatable bonds is 5. The summed E-state index contributed by atoms with van der Waals surface area (Å²) in [6, 6.07) is 12.7. The summed E-state index contributed by atoms with van der Waals surface area (Å²) in [6.07, 6.45) is 5.24. The second-order valence-electron chi connectivity index (χ2n) is 7.59. The summed E-state index contributed by atoms with van der Waals surface area (Å²) in [4.78, 5) is 16.9. The Morgan fingerprint density at radius 2 is 1.97 bits per heavy atom. The van der Waals surface area contributed by atoms with Gasteiger partial charge in [0.2, 0.25) is 0 Å². The van der Waals surface area contributed by atoms with Gasteiger partial charge in [-0.05, 0) is 43.2 Å². The van der Waals surface area contributed by atoms with Crippen LogP contribution >= 0.6 is 11.3 Å². The fourth-order valence-electron chi connectivity index (χ4n) is 3.86. The number of hydrogen-bond acceptors (Lipinski definition) is 6. The maximum atomic E-state index is 12.7. The third kappa shape index (κ3) is 3.98. The molecule has 2 heterocycles. The third-order valence-corrected chi connectivity index (χ3v) is 6.01. The molecule has 0 bridgehead atoms. The average molecular weight is 423 g/mol. The third-order valence-electron chi connectivity index (χ3n) is 5.38. The molecule has 1 aliphatic carbocycles.